The van der Waals surface area contributed by atoms with Gasteiger partial charge in [-0.05, 0) is 29.7 Å². The van der Waals surface area contributed by atoms with Crippen LogP contribution in [0.5, 0.6) is 0 Å². The Balaban J connectivity index is 1.91. The van der Waals surface area contributed by atoms with Crippen molar-refractivity contribution in [2.24, 2.45) is 5.73 Å². The quantitative estimate of drug-likeness (QED) is 0.781. The maximum atomic E-state index is 12.1. The lowest BCUT2D eigenvalue weighted by Gasteiger charge is -2.16. The number of amides is 2. The standard InChI is InChI=1S/C18H19BrN2O2/c19-15-8-4-7-14(11-15)12-16(18(20)23)21-17(22)10-9-13-5-2-1-3-6-13/h1-8,11,16H,9-10,12H2,(H2,20,23)(H,21,22)/t16-/m1/s1. The molecule has 2 amide bonds. The lowest BCUT2D eigenvalue weighted by atomic mass is 10.0. The van der Waals surface area contributed by atoms with Crippen molar-refractivity contribution in [2.45, 2.75) is 25.3 Å². The largest absolute Gasteiger partial charge is 0.368 e. The van der Waals surface area contributed by atoms with E-state index in [0.717, 1.165) is 15.6 Å². The predicted octanol–water partition coefficient (Wildman–Crippen LogP) is 2.59. The fourth-order valence-corrected chi connectivity index (χ4v) is 2.74. The molecular weight excluding hydrogens is 356 g/mol. The van der Waals surface area contributed by atoms with E-state index in [0.29, 0.717) is 19.3 Å². The SMILES string of the molecule is NC(=O)[C@@H](Cc1cccc(Br)c1)NC(=O)CCc1ccccc1. The summed E-state index contributed by atoms with van der Waals surface area (Å²) < 4.78 is 0.925. The summed E-state index contributed by atoms with van der Waals surface area (Å²) in [5.41, 5.74) is 7.44. The molecule has 0 fully saturated rings. The van der Waals surface area contributed by atoms with Gasteiger partial charge in [0.15, 0.2) is 0 Å². The van der Waals surface area contributed by atoms with Crippen LogP contribution in [-0.4, -0.2) is 17.9 Å². The van der Waals surface area contributed by atoms with E-state index in [4.69, 9.17) is 5.73 Å². The maximum absolute atomic E-state index is 12.1. The number of halogens is 1. The number of benzene rings is 2. The molecule has 0 aliphatic rings. The minimum absolute atomic E-state index is 0.173. The van der Waals surface area contributed by atoms with Gasteiger partial charge in [-0.25, -0.2) is 0 Å². The summed E-state index contributed by atoms with van der Waals surface area (Å²) in [5, 5.41) is 2.73. The minimum Gasteiger partial charge on any atom is -0.368 e. The molecule has 0 aliphatic heterocycles. The smallest absolute Gasteiger partial charge is 0.240 e. The molecule has 5 heteroatoms. The molecule has 23 heavy (non-hydrogen) atoms. The van der Waals surface area contributed by atoms with Crippen LogP contribution < -0.4 is 11.1 Å². The van der Waals surface area contributed by atoms with Crippen molar-refractivity contribution in [2.75, 3.05) is 0 Å². The highest BCUT2D eigenvalue weighted by Gasteiger charge is 2.18. The third kappa shape index (κ3) is 5.87. The first-order valence-corrected chi connectivity index (χ1v) is 8.21. The lowest BCUT2D eigenvalue weighted by molar-refractivity contribution is -0.127. The molecule has 4 nitrogen and oxygen atoms in total. The second-order valence-corrected chi connectivity index (χ2v) is 6.26. The van der Waals surface area contributed by atoms with E-state index in [1.165, 1.54) is 0 Å². The summed E-state index contributed by atoms with van der Waals surface area (Å²) in [6, 6.07) is 16.6. The van der Waals surface area contributed by atoms with E-state index in [-0.39, 0.29) is 5.91 Å². The Bertz CT molecular complexity index is 674. The number of carbonyl (C=O) groups is 2. The van der Waals surface area contributed by atoms with Crippen molar-refractivity contribution >= 4 is 27.7 Å². The highest BCUT2D eigenvalue weighted by molar-refractivity contribution is 9.10. The first-order chi connectivity index (χ1) is 11.0. The van der Waals surface area contributed by atoms with Crippen molar-refractivity contribution in [1.82, 2.24) is 5.32 Å². The number of carbonyl (C=O) groups excluding carboxylic acids is 2. The number of nitrogens with two attached hydrogens (primary N) is 1. The summed E-state index contributed by atoms with van der Waals surface area (Å²) in [7, 11) is 0. The van der Waals surface area contributed by atoms with Crippen LogP contribution in [0.1, 0.15) is 17.5 Å². The molecule has 3 N–H and O–H groups in total. The number of primary amides is 1. The first-order valence-electron chi connectivity index (χ1n) is 7.41. The summed E-state index contributed by atoms with van der Waals surface area (Å²) in [5.74, 6) is -0.703. The van der Waals surface area contributed by atoms with Gasteiger partial charge in [-0.1, -0.05) is 58.4 Å². The fourth-order valence-electron chi connectivity index (χ4n) is 2.29. The maximum Gasteiger partial charge on any atom is 0.240 e. The Labute approximate surface area is 144 Å². The van der Waals surface area contributed by atoms with Crippen molar-refractivity contribution in [3.05, 3.63) is 70.2 Å². The molecule has 0 bridgehead atoms. The lowest BCUT2D eigenvalue weighted by Crippen LogP contribution is -2.45. The topological polar surface area (TPSA) is 72.2 Å². The molecule has 0 saturated carbocycles. The third-order valence-corrected chi connectivity index (χ3v) is 3.98. The fraction of sp³-hybridized carbons (Fsp3) is 0.222. The second kappa shape index (κ2) is 8.48. The number of rotatable bonds is 7. The van der Waals surface area contributed by atoms with Crippen LogP contribution in [-0.2, 0) is 22.4 Å². The van der Waals surface area contributed by atoms with E-state index >= 15 is 0 Å². The molecule has 0 saturated heterocycles. The first kappa shape index (κ1) is 17.2. The van der Waals surface area contributed by atoms with Crippen LogP contribution in [0.4, 0.5) is 0 Å². The Kier molecular flexibility index (Phi) is 6.35. The number of nitrogens with one attached hydrogen (secondary N) is 1. The summed E-state index contributed by atoms with van der Waals surface area (Å²) >= 11 is 3.39. The molecule has 0 unspecified atom stereocenters. The molecule has 2 aromatic carbocycles. The van der Waals surface area contributed by atoms with Gasteiger partial charge in [-0.2, -0.15) is 0 Å². The zero-order chi connectivity index (χ0) is 16.7. The van der Waals surface area contributed by atoms with E-state index in [1.807, 2.05) is 54.6 Å². The van der Waals surface area contributed by atoms with Gasteiger partial charge < -0.3 is 11.1 Å². The van der Waals surface area contributed by atoms with Crippen molar-refractivity contribution in [3.63, 3.8) is 0 Å². The van der Waals surface area contributed by atoms with Gasteiger partial charge in [0.2, 0.25) is 11.8 Å². The van der Waals surface area contributed by atoms with Crippen LogP contribution >= 0.6 is 15.9 Å². The van der Waals surface area contributed by atoms with Gasteiger partial charge in [0.25, 0.3) is 0 Å². The normalized spacial score (nSPS) is 11.7. The van der Waals surface area contributed by atoms with E-state index in [1.54, 1.807) is 0 Å². The molecule has 0 radical (unpaired) electrons. The molecule has 0 heterocycles. The average Bonchev–Trinajstić information content (AvgIpc) is 2.53. The molecule has 2 aromatic rings. The summed E-state index contributed by atoms with van der Waals surface area (Å²) in [4.78, 5) is 23.7. The van der Waals surface area contributed by atoms with E-state index in [2.05, 4.69) is 21.2 Å². The molecule has 1 atom stereocenters. The third-order valence-electron chi connectivity index (χ3n) is 3.49. The van der Waals surface area contributed by atoms with Gasteiger partial charge in [0, 0.05) is 17.3 Å². The second-order valence-electron chi connectivity index (χ2n) is 5.34. The number of hydrogen-bond donors (Lipinski definition) is 2. The van der Waals surface area contributed by atoms with E-state index < -0.39 is 11.9 Å². The monoisotopic (exact) mass is 374 g/mol. The minimum atomic E-state index is -0.701. The average molecular weight is 375 g/mol. The van der Waals surface area contributed by atoms with Crippen molar-refractivity contribution in [1.29, 1.82) is 0 Å². The van der Waals surface area contributed by atoms with Gasteiger partial charge in [-0.15, -0.1) is 0 Å². The van der Waals surface area contributed by atoms with Crippen molar-refractivity contribution < 1.29 is 9.59 Å². The van der Waals surface area contributed by atoms with Crippen LogP contribution in [0.3, 0.4) is 0 Å². The molecule has 120 valence electrons. The summed E-state index contributed by atoms with van der Waals surface area (Å²) in [6.45, 7) is 0. The highest BCUT2D eigenvalue weighted by Crippen LogP contribution is 2.13. The van der Waals surface area contributed by atoms with Gasteiger partial charge in [0.05, 0.1) is 0 Å². The van der Waals surface area contributed by atoms with Gasteiger partial charge in [-0.3, -0.25) is 9.59 Å². The van der Waals surface area contributed by atoms with Crippen LogP contribution in [0.15, 0.2) is 59.1 Å². The van der Waals surface area contributed by atoms with E-state index in [9.17, 15) is 9.59 Å². The molecule has 0 spiro atoms. The summed E-state index contributed by atoms with van der Waals surface area (Å²) in [6.07, 6.45) is 1.34. The Hall–Kier alpha value is -2.14. The zero-order valence-electron chi connectivity index (χ0n) is 12.7. The van der Waals surface area contributed by atoms with Crippen LogP contribution in [0.2, 0.25) is 0 Å². The van der Waals surface area contributed by atoms with Gasteiger partial charge >= 0.3 is 0 Å². The molecule has 2 rings (SSSR count). The number of hydrogen-bond acceptors (Lipinski definition) is 2. The van der Waals surface area contributed by atoms with Crippen LogP contribution in [0, 0.1) is 0 Å². The Morgan fingerprint density at radius 2 is 1.74 bits per heavy atom. The van der Waals surface area contributed by atoms with Gasteiger partial charge in [0.1, 0.15) is 6.04 Å². The molecule has 0 aromatic heterocycles. The Morgan fingerprint density at radius 1 is 1.04 bits per heavy atom. The predicted molar refractivity (Wildman–Crippen MR) is 93.7 cm³/mol. The molecule has 0 aliphatic carbocycles. The van der Waals surface area contributed by atoms with Crippen LogP contribution in [0.25, 0.3) is 0 Å². The Morgan fingerprint density at radius 3 is 2.39 bits per heavy atom. The van der Waals surface area contributed by atoms with Crippen molar-refractivity contribution in [3.8, 4) is 0 Å². The number of aryl methyl sites for hydroxylation is 1. The molecular formula is C18H19BrN2O2. The zero-order valence-corrected chi connectivity index (χ0v) is 14.3. The highest BCUT2D eigenvalue weighted by atomic mass is 79.9.